The van der Waals surface area contributed by atoms with Crippen LogP contribution >= 0.6 is 0 Å². The normalized spacial score (nSPS) is 17.5. The summed E-state index contributed by atoms with van der Waals surface area (Å²) in [6, 6.07) is 3.78. The molecule has 1 saturated heterocycles. The second-order valence-electron chi connectivity index (χ2n) is 6.33. The van der Waals surface area contributed by atoms with Crippen LogP contribution in [0.5, 0.6) is 0 Å². The Morgan fingerprint density at radius 1 is 1.08 bits per heavy atom. The van der Waals surface area contributed by atoms with Gasteiger partial charge in [0.2, 0.25) is 5.91 Å². The van der Waals surface area contributed by atoms with Crippen molar-refractivity contribution in [1.29, 1.82) is 0 Å². The molecule has 2 aromatic heterocycles. The topological polar surface area (TPSA) is 74.2 Å². The first-order chi connectivity index (χ1) is 12.2. The minimum absolute atomic E-state index is 0.0562. The molecule has 1 saturated carbocycles. The first-order valence-electron chi connectivity index (χ1n) is 8.43. The number of anilines is 3. The zero-order chi connectivity index (χ0) is 17.2. The summed E-state index contributed by atoms with van der Waals surface area (Å²) >= 11 is 0. The number of amides is 1. The lowest BCUT2D eigenvalue weighted by molar-refractivity contribution is -0.117. The van der Waals surface area contributed by atoms with Gasteiger partial charge in [0.25, 0.3) is 0 Å². The minimum Gasteiger partial charge on any atom is -0.367 e. The highest BCUT2D eigenvalue weighted by Gasteiger charge is 2.29. The second kappa shape index (κ2) is 6.62. The average molecular weight is 342 g/mol. The molecule has 7 nitrogen and oxygen atoms in total. The molecule has 2 aliphatic rings. The monoisotopic (exact) mass is 342 g/mol. The van der Waals surface area contributed by atoms with E-state index in [-0.39, 0.29) is 11.8 Å². The lowest BCUT2D eigenvalue weighted by Gasteiger charge is -2.36. The van der Waals surface area contributed by atoms with E-state index in [1.165, 1.54) is 12.5 Å². The number of rotatable bonds is 4. The Hall–Kier alpha value is -2.77. The molecular formula is C17H19FN6O. The molecule has 2 fully saturated rings. The number of nitrogens with one attached hydrogen (secondary N) is 1. The average Bonchev–Trinajstić information content (AvgIpc) is 3.48. The number of nitrogens with zero attached hydrogens (tertiary/aromatic N) is 5. The molecular weight excluding hydrogens is 323 g/mol. The molecule has 130 valence electrons. The third-order valence-corrected chi connectivity index (χ3v) is 4.54. The highest BCUT2D eigenvalue weighted by molar-refractivity contribution is 5.93. The van der Waals surface area contributed by atoms with Gasteiger partial charge in [-0.3, -0.25) is 4.79 Å². The lowest BCUT2D eigenvalue weighted by Crippen LogP contribution is -2.47. The largest absolute Gasteiger partial charge is 0.367 e. The minimum atomic E-state index is -0.395. The van der Waals surface area contributed by atoms with E-state index in [1.54, 1.807) is 6.20 Å². The predicted molar refractivity (Wildman–Crippen MR) is 92.0 cm³/mol. The molecule has 1 aliphatic heterocycles. The van der Waals surface area contributed by atoms with Crippen molar-refractivity contribution < 1.29 is 9.18 Å². The maximum absolute atomic E-state index is 13.8. The molecule has 0 radical (unpaired) electrons. The Balaban J connectivity index is 1.36. The summed E-state index contributed by atoms with van der Waals surface area (Å²) in [6.45, 7) is 2.85. The van der Waals surface area contributed by atoms with E-state index in [1.807, 2.05) is 17.0 Å². The van der Waals surface area contributed by atoms with Gasteiger partial charge in [-0.05, 0) is 25.0 Å². The van der Waals surface area contributed by atoms with E-state index in [2.05, 4.69) is 25.2 Å². The van der Waals surface area contributed by atoms with Gasteiger partial charge in [0, 0.05) is 32.1 Å². The van der Waals surface area contributed by atoms with Gasteiger partial charge in [0.05, 0.1) is 18.1 Å². The third-order valence-electron chi connectivity index (χ3n) is 4.54. The van der Waals surface area contributed by atoms with Crippen LogP contribution < -0.4 is 15.1 Å². The Morgan fingerprint density at radius 2 is 1.84 bits per heavy atom. The third kappa shape index (κ3) is 3.52. The van der Waals surface area contributed by atoms with Gasteiger partial charge < -0.3 is 15.1 Å². The number of pyridine rings is 1. The summed E-state index contributed by atoms with van der Waals surface area (Å²) in [5.74, 6) is 0.763. The Labute approximate surface area is 144 Å². The van der Waals surface area contributed by atoms with Crippen LogP contribution in [0.15, 0.2) is 30.9 Å². The highest BCUT2D eigenvalue weighted by Crippen LogP contribution is 2.30. The van der Waals surface area contributed by atoms with Gasteiger partial charge in [-0.25, -0.2) is 19.3 Å². The molecule has 0 spiro atoms. The van der Waals surface area contributed by atoms with Gasteiger partial charge in [-0.1, -0.05) is 0 Å². The molecule has 25 heavy (non-hydrogen) atoms. The molecule has 0 atom stereocenters. The Morgan fingerprint density at radius 3 is 2.48 bits per heavy atom. The van der Waals surface area contributed by atoms with Crippen LogP contribution in [-0.2, 0) is 4.79 Å². The maximum atomic E-state index is 13.8. The number of carbonyl (C=O) groups is 1. The van der Waals surface area contributed by atoms with Crippen LogP contribution in [0.1, 0.15) is 12.8 Å². The fourth-order valence-corrected chi connectivity index (χ4v) is 2.94. The van der Waals surface area contributed by atoms with Crippen LogP contribution in [-0.4, -0.2) is 47.0 Å². The van der Waals surface area contributed by atoms with Crippen LogP contribution in [0.25, 0.3) is 0 Å². The number of aromatic nitrogens is 3. The van der Waals surface area contributed by atoms with Crippen molar-refractivity contribution in [3.05, 3.63) is 36.7 Å². The van der Waals surface area contributed by atoms with Crippen molar-refractivity contribution in [2.45, 2.75) is 12.8 Å². The first-order valence-corrected chi connectivity index (χ1v) is 8.43. The summed E-state index contributed by atoms with van der Waals surface area (Å²) < 4.78 is 13.8. The Kier molecular flexibility index (Phi) is 4.17. The molecule has 8 heteroatoms. The summed E-state index contributed by atoms with van der Waals surface area (Å²) in [4.78, 5) is 27.9. The van der Waals surface area contributed by atoms with Crippen molar-refractivity contribution in [3.8, 4) is 0 Å². The molecule has 1 amide bonds. The van der Waals surface area contributed by atoms with Gasteiger partial charge in [-0.15, -0.1) is 0 Å². The lowest BCUT2D eigenvalue weighted by atomic mass is 10.2. The molecule has 0 unspecified atom stereocenters. The number of carbonyl (C=O) groups excluding carboxylic acids is 1. The van der Waals surface area contributed by atoms with Crippen molar-refractivity contribution in [2.75, 3.05) is 41.3 Å². The van der Waals surface area contributed by atoms with Crippen molar-refractivity contribution in [3.63, 3.8) is 0 Å². The summed E-state index contributed by atoms with van der Waals surface area (Å²) in [5, 5.41) is 2.84. The fraction of sp³-hybridized carbons (Fsp3) is 0.412. The SMILES string of the molecule is O=C(Nc1ccc(N2CCN(c3ncncc3F)CC2)cn1)C1CC1. The smallest absolute Gasteiger partial charge is 0.228 e. The zero-order valence-corrected chi connectivity index (χ0v) is 13.7. The van der Waals surface area contributed by atoms with E-state index >= 15 is 0 Å². The van der Waals surface area contributed by atoms with E-state index in [0.717, 1.165) is 31.6 Å². The van der Waals surface area contributed by atoms with E-state index in [4.69, 9.17) is 0 Å². The first kappa shape index (κ1) is 15.7. The summed E-state index contributed by atoms with van der Waals surface area (Å²) in [6.07, 6.45) is 6.27. The molecule has 4 rings (SSSR count). The van der Waals surface area contributed by atoms with Crippen molar-refractivity contribution in [2.24, 2.45) is 5.92 Å². The zero-order valence-electron chi connectivity index (χ0n) is 13.7. The van der Waals surface area contributed by atoms with E-state index in [0.29, 0.717) is 24.7 Å². The van der Waals surface area contributed by atoms with Crippen LogP contribution in [0.3, 0.4) is 0 Å². The van der Waals surface area contributed by atoms with E-state index < -0.39 is 5.82 Å². The molecule has 3 heterocycles. The van der Waals surface area contributed by atoms with Gasteiger partial charge in [0.1, 0.15) is 12.1 Å². The second-order valence-corrected chi connectivity index (χ2v) is 6.33. The highest BCUT2D eigenvalue weighted by atomic mass is 19.1. The standard InChI is InChI=1S/C17H19FN6O/c18-14-10-19-11-21-16(14)24-7-5-23(6-8-24)13-3-4-15(20-9-13)22-17(25)12-1-2-12/h3-4,9-12H,1-2,5-8H2,(H,20,22,25). The molecule has 1 N–H and O–H groups in total. The van der Waals surface area contributed by atoms with Crippen LogP contribution in [0.2, 0.25) is 0 Å². The maximum Gasteiger partial charge on any atom is 0.228 e. The molecule has 2 aromatic rings. The fourth-order valence-electron chi connectivity index (χ4n) is 2.94. The molecule has 0 bridgehead atoms. The number of hydrogen-bond acceptors (Lipinski definition) is 6. The van der Waals surface area contributed by atoms with Crippen molar-refractivity contribution in [1.82, 2.24) is 15.0 Å². The molecule has 1 aliphatic carbocycles. The summed E-state index contributed by atoms with van der Waals surface area (Å²) in [7, 11) is 0. The molecule has 0 aromatic carbocycles. The van der Waals surface area contributed by atoms with Gasteiger partial charge in [0.15, 0.2) is 11.6 Å². The summed E-state index contributed by atoms with van der Waals surface area (Å²) in [5.41, 5.74) is 0.993. The number of piperazine rings is 1. The van der Waals surface area contributed by atoms with Crippen LogP contribution in [0.4, 0.5) is 21.7 Å². The number of hydrogen-bond donors (Lipinski definition) is 1. The Bertz CT molecular complexity index is 756. The van der Waals surface area contributed by atoms with Gasteiger partial charge in [-0.2, -0.15) is 0 Å². The number of halogens is 1. The van der Waals surface area contributed by atoms with Crippen molar-refractivity contribution >= 4 is 23.2 Å². The quantitative estimate of drug-likeness (QED) is 0.911. The van der Waals surface area contributed by atoms with E-state index in [9.17, 15) is 9.18 Å². The van der Waals surface area contributed by atoms with Crippen LogP contribution in [0, 0.1) is 11.7 Å². The van der Waals surface area contributed by atoms with Gasteiger partial charge >= 0.3 is 0 Å². The predicted octanol–water partition coefficient (Wildman–Crippen LogP) is 1.69.